The maximum Gasteiger partial charge on any atom is 0.223 e. The SMILES string of the molecule is CC(=O)N1CCCc2c(-c3ccc4[nH]nc(-c5nc6ccccc6[nH]5)c4c3)cccc21. The van der Waals surface area contributed by atoms with Crippen molar-refractivity contribution in [1.29, 1.82) is 0 Å². The van der Waals surface area contributed by atoms with E-state index in [4.69, 9.17) is 4.98 Å². The van der Waals surface area contributed by atoms with Gasteiger partial charge in [0, 0.05) is 24.5 Å². The van der Waals surface area contributed by atoms with Crippen LogP contribution in [0, 0.1) is 0 Å². The van der Waals surface area contributed by atoms with Crippen LogP contribution < -0.4 is 4.90 Å². The summed E-state index contributed by atoms with van der Waals surface area (Å²) in [6, 6.07) is 20.6. The summed E-state index contributed by atoms with van der Waals surface area (Å²) < 4.78 is 0. The maximum atomic E-state index is 12.1. The van der Waals surface area contributed by atoms with E-state index in [0.717, 1.165) is 64.1 Å². The number of para-hydroxylation sites is 2. The number of benzene rings is 3. The lowest BCUT2D eigenvalue weighted by atomic mass is 9.91. The Labute approximate surface area is 178 Å². The Kier molecular flexibility index (Phi) is 3.93. The number of amides is 1. The monoisotopic (exact) mass is 407 g/mol. The van der Waals surface area contributed by atoms with Gasteiger partial charge in [-0.3, -0.25) is 9.89 Å². The minimum atomic E-state index is 0.0931. The van der Waals surface area contributed by atoms with E-state index in [1.54, 1.807) is 6.92 Å². The molecule has 0 aliphatic carbocycles. The van der Waals surface area contributed by atoms with Gasteiger partial charge in [-0.15, -0.1) is 0 Å². The Bertz CT molecular complexity index is 1430. The standard InChI is InChI=1S/C25H21N5O/c1-15(31)30-13-5-7-18-17(6-4-10-23(18)30)16-11-12-20-19(14-16)24(29-28-20)25-26-21-8-2-3-9-22(21)27-25/h2-4,6,8-12,14H,5,7,13H2,1H3,(H,26,27)(H,28,29). The molecule has 0 saturated carbocycles. The summed E-state index contributed by atoms with van der Waals surface area (Å²) in [5.74, 6) is 0.845. The first-order valence-electron chi connectivity index (χ1n) is 10.5. The quantitative estimate of drug-likeness (QED) is 0.429. The first-order valence-corrected chi connectivity index (χ1v) is 10.5. The second-order valence-corrected chi connectivity index (χ2v) is 8.01. The zero-order valence-electron chi connectivity index (χ0n) is 17.1. The molecule has 2 aromatic heterocycles. The Morgan fingerprint density at radius 1 is 1.03 bits per heavy atom. The molecule has 0 radical (unpaired) electrons. The number of aromatic nitrogens is 4. The number of nitrogens with zero attached hydrogens (tertiary/aromatic N) is 3. The summed E-state index contributed by atoms with van der Waals surface area (Å²) in [7, 11) is 0. The van der Waals surface area contributed by atoms with Crippen LogP contribution in [0.25, 0.3) is 44.6 Å². The van der Waals surface area contributed by atoms with Crippen LogP contribution in [-0.4, -0.2) is 32.6 Å². The summed E-state index contributed by atoms with van der Waals surface area (Å²) >= 11 is 0. The lowest BCUT2D eigenvalue weighted by molar-refractivity contribution is -0.116. The Morgan fingerprint density at radius 3 is 2.81 bits per heavy atom. The van der Waals surface area contributed by atoms with E-state index in [1.807, 2.05) is 35.2 Å². The summed E-state index contributed by atoms with van der Waals surface area (Å²) in [5.41, 5.74) is 8.24. The molecule has 0 unspecified atom stereocenters. The number of imidazole rings is 1. The van der Waals surface area contributed by atoms with Crippen molar-refractivity contribution < 1.29 is 4.79 Å². The Morgan fingerprint density at radius 2 is 1.94 bits per heavy atom. The molecule has 0 bridgehead atoms. The van der Waals surface area contributed by atoms with Gasteiger partial charge in [-0.2, -0.15) is 5.10 Å². The minimum Gasteiger partial charge on any atom is -0.337 e. The highest BCUT2D eigenvalue weighted by atomic mass is 16.2. The van der Waals surface area contributed by atoms with E-state index in [2.05, 4.69) is 45.5 Å². The fraction of sp³-hybridized carbons (Fsp3) is 0.160. The maximum absolute atomic E-state index is 12.1. The average Bonchev–Trinajstić information content (AvgIpc) is 3.41. The Hall–Kier alpha value is -3.93. The second kappa shape index (κ2) is 6.80. The number of carbonyl (C=O) groups is 1. The van der Waals surface area contributed by atoms with E-state index >= 15 is 0 Å². The topological polar surface area (TPSA) is 77.7 Å². The molecule has 0 atom stereocenters. The number of aromatic amines is 2. The van der Waals surface area contributed by atoms with E-state index < -0.39 is 0 Å². The number of hydrogen-bond donors (Lipinski definition) is 2. The van der Waals surface area contributed by atoms with Crippen molar-refractivity contribution in [2.24, 2.45) is 0 Å². The molecule has 0 spiro atoms. The van der Waals surface area contributed by atoms with Gasteiger partial charge < -0.3 is 9.88 Å². The summed E-state index contributed by atoms with van der Waals surface area (Å²) in [4.78, 5) is 22.1. The van der Waals surface area contributed by atoms with Gasteiger partial charge >= 0.3 is 0 Å². The van der Waals surface area contributed by atoms with Crippen LogP contribution in [0.2, 0.25) is 0 Å². The molecule has 152 valence electrons. The summed E-state index contributed by atoms with van der Waals surface area (Å²) in [5, 5.41) is 8.70. The van der Waals surface area contributed by atoms with Gasteiger partial charge in [0.05, 0.1) is 16.6 Å². The molecule has 6 nitrogen and oxygen atoms in total. The summed E-state index contributed by atoms with van der Waals surface area (Å²) in [6.07, 6.45) is 1.94. The molecule has 1 amide bonds. The van der Waals surface area contributed by atoms with E-state index in [0.29, 0.717) is 0 Å². The second-order valence-electron chi connectivity index (χ2n) is 8.01. The number of carbonyl (C=O) groups excluding carboxylic acids is 1. The van der Waals surface area contributed by atoms with E-state index in [9.17, 15) is 4.79 Å². The van der Waals surface area contributed by atoms with Gasteiger partial charge in [0.25, 0.3) is 0 Å². The molecule has 6 rings (SSSR count). The van der Waals surface area contributed by atoms with Gasteiger partial charge in [0.1, 0.15) is 5.69 Å². The molecule has 1 aliphatic heterocycles. The van der Waals surface area contributed by atoms with Gasteiger partial charge in [-0.1, -0.05) is 30.3 Å². The van der Waals surface area contributed by atoms with Gasteiger partial charge in [0.2, 0.25) is 5.91 Å². The van der Waals surface area contributed by atoms with Crippen molar-refractivity contribution in [2.45, 2.75) is 19.8 Å². The third-order valence-corrected chi connectivity index (χ3v) is 6.12. The summed E-state index contributed by atoms with van der Waals surface area (Å²) in [6.45, 7) is 2.42. The van der Waals surface area contributed by atoms with Gasteiger partial charge in [0.15, 0.2) is 5.82 Å². The zero-order valence-corrected chi connectivity index (χ0v) is 17.1. The highest BCUT2D eigenvalue weighted by Gasteiger charge is 2.23. The number of anilines is 1. The lowest BCUT2D eigenvalue weighted by Gasteiger charge is -2.30. The molecular weight excluding hydrogens is 386 g/mol. The van der Waals surface area contributed by atoms with Crippen LogP contribution >= 0.6 is 0 Å². The van der Waals surface area contributed by atoms with Crippen molar-refractivity contribution in [3.8, 4) is 22.6 Å². The molecular formula is C25H21N5O. The van der Waals surface area contributed by atoms with Crippen molar-refractivity contribution in [3.05, 3.63) is 66.2 Å². The fourth-order valence-corrected chi connectivity index (χ4v) is 4.65. The highest BCUT2D eigenvalue weighted by Crippen LogP contribution is 2.37. The third-order valence-electron chi connectivity index (χ3n) is 6.12. The molecule has 0 fully saturated rings. The first-order chi connectivity index (χ1) is 15.2. The number of nitrogens with one attached hydrogen (secondary N) is 2. The van der Waals surface area contributed by atoms with Crippen molar-refractivity contribution in [2.75, 3.05) is 11.4 Å². The molecule has 5 aromatic rings. The van der Waals surface area contributed by atoms with Crippen molar-refractivity contribution >= 4 is 33.5 Å². The normalized spacial score (nSPS) is 13.6. The van der Waals surface area contributed by atoms with Gasteiger partial charge in [-0.05, 0) is 59.9 Å². The number of fused-ring (bicyclic) bond motifs is 3. The first kappa shape index (κ1) is 17.9. The smallest absolute Gasteiger partial charge is 0.223 e. The average molecular weight is 407 g/mol. The van der Waals surface area contributed by atoms with Crippen molar-refractivity contribution in [1.82, 2.24) is 20.2 Å². The largest absolute Gasteiger partial charge is 0.337 e. The molecule has 6 heteroatoms. The van der Waals surface area contributed by atoms with Crippen LogP contribution in [0.3, 0.4) is 0 Å². The number of H-pyrrole nitrogens is 2. The van der Waals surface area contributed by atoms with Crippen LogP contribution in [0.15, 0.2) is 60.7 Å². The van der Waals surface area contributed by atoms with Gasteiger partial charge in [-0.25, -0.2) is 4.98 Å². The third kappa shape index (κ3) is 2.83. The Balaban J connectivity index is 1.50. The molecule has 0 saturated heterocycles. The number of hydrogen-bond acceptors (Lipinski definition) is 3. The molecule has 1 aliphatic rings. The minimum absolute atomic E-state index is 0.0931. The zero-order chi connectivity index (χ0) is 20.9. The van der Waals surface area contributed by atoms with E-state index in [-0.39, 0.29) is 5.91 Å². The highest BCUT2D eigenvalue weighted by molar-refractivity contribution is 5.98. The molecule has 31 heavy (non-hydrogen) atoms. The molecule has 3 heterocycles. The van der Waals surface area contributed by atoms with Crippen LogP contribution in [0.4, 0.5) is 5.69 Å². The van der Waals surface area contributed by atoms with Crippen LogP contribution in [-0.2, 0) is 11.2 Å². The molecule has 2 N–H and O–H groups in total. The predicted octanol–water partition coefficient (Wildman–Crippen LogP) is 5.07. The predicted molar refractivity (Wildman–Crippen MR) is 123 cm³/mol. The van der Waals surface area contributed by atoms with Crippen molar-refractivity contribution in [3.63, 3.8) is 0 Å². The van der Waals surface area contributed by atoms with Crippen LogP contribution in [0.1, 0.15) is 18.9 Å². The molecule has 3 aromatic carbocycles. The number of rotatable bonds is 2. The lowest BCUT2D eigenvalue weighted by Crippen LogP contribution is -2.33. The van der Waals surface area contributed by atoms with E-state index in [1.165, 1.54) is 11.1 Å². The fourth-order valence-electron chi connectivity index (χ4n) is 4.65. The van der Waals surface area contributed by atoms with Crippen LogP contribution in [0.5, 0.6) is 0 Å².